The van der Waals surface area contributed by atoms with Crippen LogP contribution in [0.5, 0.6) is 5.75 Å². The number of rotatable bonds is 6. The first kappa shape index (κ1) is 12.8. The van der Waals surface area contributed by atoms with Crippen molar-refractivity contribution >= 4 is 17.5 Å². The molecule has 3 nitrogen and oxygen atoms in total. The van der Waals surface area contributed by atoms with Gasteiger partial charge in [0.05, 0.1) is 6.54 Å². The third-order valence-electron chi connectivity index (χ3n) is 1.84. The van der Waals surface area contributed by atoms with Crippen molar-refractivity contribution in [1.29, 1.82) is 0 Å². The molecular weight excluding hydrogens is 233 g/mol. The van der Waals surface area contributed by atoms with Crippen molar-refractivity contribution in [3.63, 3.8) is 0 Å². The minimum absolute atomic E-state index is 0.132. The number of carbonyl (C=O) groups is 1. The Kier molecular flexibility index (Phi) is 5.64. The van der Waals surface area contributed by atoms with Gasteiger partial charge in [0.15, 0.2) is 11.6 Å². The molecule has 1 N–H and O–H groups in total. The zero-order valence-corrected chi connectivity index (χ0v) is 9.47. The number of carbonyl (C=O) groups excluding carboxylic acids is 1. The monoisotopic (exact) mass is 245 g/mol. The molecule has 0 heterocycles. The summed E-state index contributed by atoms with van der Waals surface area (Å²) in [4.78, 5) is 11.0. The maximum absolute atomic E-state index is 13.1. The van der Waals surface area contributed by atoms with E-state index in [1.807, 2.05) is 0 Å². The molecule has 1 amide bonds. The first-order chi connectivity index (χ1) is 7.74. The van der Waals surface area contributed by atoms with Crippen LogP contribution in [-0.2, 0) is 4.79 Å². The molecule has 0 spiro atoms. The highest BCUT2D eigenvalue weighted by Gasteiger charge is 2.02. The Labute approximate surface area is 98.5 Å². The molecule has 1 rings (SSSR count). The summed E-state index contributed by atoms with van der Waals surface area (Å²) in [6, 6.07) is 6.13. The fourth-order valence-electron chi connectivity index (χ4n) is 1.09. The van der Waals surface area contributed by atoms with Gasteiger partial charge in [-0.3, -0.25) is 4.79 Å². The van der Waals surface area contributed by atoms with E-state index in [0.717, 1.165) is 0 Å². The fraction of sp³-hybridized carbons (Fsp3) is 0.364. The lowest BCUT2D eigenvalue weighted by atomic mass is 10.3. The van der Waals surface area contributed by atoms with Crippen LogP contribution in [0.3, 0.4) is 0 Å². The average Bonchev–Trinajstić information content (AvgIpc) is 2.27. The molecule has 0 atom stereocenters. The summed E-state index contributed by atoms with van der Waals surface area (Å²) in [5.41, 5.74) is 0. The van der Waals surface area contributed by atoms with Gasteiger partial charge in [-0.25, -0.2) is 4.39 Å². The fourth-order valence-corrected chi connectivity index (χ4v) is 1.26. The minimum atomic E-state index is -0.408. The Morgan fingerprint density at radius 1 is 1.44 bits per heavy atom. The average molecular weight is 246 g/mol. The topological polar surface area (TPSA) is 38.3 Å². The van der Waals surface area contributed by atoms with Gasteiger partial charge in [0.2, 0.25) is 5.91 Å². The quantitative estimate of drug-likeness (QED) is 0.615. The number of amides is 1. The van der Waals surface area contributed by atoms with Gasteiger partial charge in [-0.2, -0.15) is 0 Å². The van der Waals surface area contributed by atoms with Gasteiger partial charge >= 0.3 is 0 Å². The second kappa shape index (κ2) is 7.06. The molecule has 0 fully saturated rings. The first-order valence-corrected chi connectivity index (χ1v) is 5.47. The highest BCUT2D eigenvalue weighted by molar-refractivity contribution is 6.18. The number of benzene rings is 1. The van der Waals surface area contributed by atoms with Crippen LogP contribution in [0.15, 0.2) is 24.3 Å². The largest absolute Gasteiger partial charge is 0.489 e. The van der Waals surface area contributed by atoms with Gasteiger partial charge < -0.3 is 10.1 Å². The lowest BCUT2D eigenvalue weighted by Gasteiger charge is -2.07. The van der Waals surface area contributed by atoms with Gasteiger partial charge in [0.25, 0.3) is 0 Å². The van der Waals surface area contributed by atoms with E-state index in [4.69, 9.17) is 16.3 Å². The normalized spacial score (nSPS) is 9.88. The van der Waals surface area contributed by atoms with Crippen LogP contribution in [0.1, 0.15) is 6.42 Å². The lowest BCUT2D eigenvalue weighted by Crippen LogP contribution is -2.28. The summed E-state index contributed by atoms with van der Waals surface area (Å²) in [5.74, 6) is -0.0594. The SMILES string of the molecule is O=C(CCCl)NCCOc1ccccc1F. The molecule has 0 aromatic heterocycles. The number of halogens is 2. The summed E-state index contributed by atoms with van der Waals surface area (Å²) in [7, 11) is 0. The zero-order chi connectivity index (χ0) is 11.8. The third kappa shape index (κ3) is 4.49. The van der Waals surface area contributed by atoms with Gasteiger partial charge in [0, 0.05) is 12.3 Å². The molecule has 0 saturated carbocycles. The number of ether oxygens (including phenoxy) is 1. The molecule has 0 saturated heterocycles. The second-order valence-corrected chi connectivity index (χ2v) is 3.45. The van der Waals surface area contributed by atoms with E-state index in [9.17, 15) is 9.18 Å². The van der Waals surface area contributed by atoms with Gasteiger partial charge in [-0.15, -0.1) is 11.6 Å². The molecule has 5 heteroatoms. The highest BCUT2D eigenvalue weighted by Crippen LogP contribution is 2.14. The molecule has 88 valence electrons. The van der Waals surface area contributed by atoms with Crippen molar-refractivity contribution < 1.29 is 13.9 Å². The number of hydrogen-bond donors (Lipinski definition) is 1. The van der Waals surface area contributed by atoms with Crippen LogP contribution in [0.4, 0.5) is 4.39 Å². The Bertz CT molecular complexity index is 347. The van der Waals surface area contributed by atoms with Gasteiger partial charge in [-0.1, -0.05) is 12.1 Å². The molecule has 0 radical (unpaired) electrons. The van der Waals surface area contributed by atoms with Crippen molar-refractivity contribution in [1.82, 2.24) is 5.32 Å². The molecular formula is C11H13ClFNO2. The molecule has 1 aromatic carbocycles. The van der Waals surface area contributed by atoms with Crippen LogP contribution < -0.4 is 10.1 Å². The first-order valence-electron chi connectivity index (χ1n) is 4.94. The smallest absolute Gasteiger partial charge is 0.221 e. The molecule has 1 aromatic rings. The molecule has 0 aliphatic heterocycles. The maximum Gasteiger partial charge on any atom is 0.221 e. The predicted molar refractivity (Wildman–Crippen MR) is 60.2 cm³/mol. The molecule has 0 aliphatic rings. The third-order valence-corrected chi connectivity index (χ3v) is 2.03. The van der Waals surface area contributed by atoms with E-state index in [-0.39, 0.29) is 24.7 Å². The van der Waals surface area contributed by atoms with Crippen LogP contribution in [0, 0.1) is 5.82 Å². The van der Waals surface area contributed by atoms with Crippen LogP contribution in [-0.4, -0.2) is 24.9 Å². The van der Waals surface area contributed by atoms with Gasteiger partial charge in [-0.05, 0) is 12.1 Å². The number of hydrogen-bond acceptors (Lipinski definition) is 2. The van der Waals surface area contributed by atoms with Crippen molar-refractivity contribution in [3.8, 4) is 5.75 Å². The van der Waals surface area contributed by atoms with Crippen molar-refractivity contribution in [2.75, 3.05) is 19.0 Å². The highest BCUT2D eigenvalue weighted by atomic mass is 35.5. The Morgan fingerprint density at radius 2 is 2.19 bits per heavy atom. The summed E-state index contributed by atoms with van der Waals surface area (Å²) < 4.78 is 18.2. The van der Waals surface area contributed by atoms with Gasteiger partial charge in [0.1, 0.15) is 6.61 Å². The van der Waals surface area contributed by atoms with E-state index < -0.39 is 5.82 Å². The predicted octanol–water partition coefficient (Wildman–Crippen LogP) is 1.95. The van der Waals surface area contributed by atoms with E-state index in [1.54, 1.807) is 12.1 Å². The number of nitrogens with one attached hydrogen (secondary N) is 1. The minimum Gasteiger partial charge on any atom is -0.489 e. The van der Waals surface area contributed by atoms with Crippen LogP contribution in [0.25, 0.3) is 0 Å². The Balaban J connectivity index is 2.21. The van der Waals surface area contributed by atoms with E-state index >= 15 is 0 Å². The molecule has 0 unspecified atom stereocenters. The van der Waals surface area contributed by atoms with Crippen LogP contribution in [0.2, 0.25) is 0 Å². The molecule has 16 heavy (non-hydrogen) atoms. The lowest BCUT2D eigenvalue weighted by molar-refractivity contribution is -0.120. The summed E-state index contributed by atoms with van der Waals surface area (Å²) in [6.07, 6.45) is 0.279. The maximum atomic E-state index is 13.1. The second-order valence-electron chi connectivity index (χ2n) is 3.07. The summed E-state index contributed by atoms with van der Waals surface area (Å²) >= 11 is 5.38. The summed E-state index contributed by atoms with van der Waals surface area (Å²) in [5, 5.41) is 2.60. The Hall–Kier alpha value is -1.29. The van der Waals surface area contributed by atoms with Crippen molar-refractivity contribution in [2.24, 2.45) is 0 Å². The zero-order valence-electron chi connectivity index (χ0n) is 8.71. The van der Waals surface area contributed by atoms with Crippen molar-refractivity contribution in [3.05, 3.63) is 30.1 Å². The Morgan fingerprint density at radius 3 is 2.88 bits per heavy atom. The summed E-state index contributed by atoms with van der Waals surface area (Å²) in [6.45, 7) is 0.568. The number of para-hydroxylation sites is 1. The molecule has 0 aliphatic carbocycles. The van der Waals surface area contributed by atoms with E-state index in [0.29, 0.717) is 12.4 Å². The molecule has 0 bridgehead atoms. The number of alkyl halides is 1. The van der Waals surface area contributed by atoms with Crippen molar-refractivity contribution in [2.45, 2.75) is 6.42 Å². The van der Waals surface area contributed by atoms with E-state index in [2.05, 4.69) is 5.32 Å². The van der Waals surface area contributed by atoms with Crippen LogP contribution >= 0.6 is 11.6 Å². The van der Waals surface area contributed by atoms with E-state index in [1.165, 1.54) is 12.1 Å². The standard InChI is InChI=1S/C11H13ClFNO2/c12-6-5-11(15)14-7-8-16-10-4-2-1-3-9(10)13/h1-4H,5-8H2,(H,14,15).